The van der Waals surface area contributed by atoms with E-state index in [1.807, 2.05) is 47.6 Å². The number of hydrogen-bond acceptors (Lipinski definition) is 5. The van der Waals surface area contributed by atoms with Crippen LogP contribution in [-0.2, 0) is 11.2 Å². The molecule has 182 valence electrons. The van der Waals surface area contributed by atoms with Gasteiger partial charge >= 0.3 is 0 Å². The van der Waals surface area contributed by atoms with Crippen LogP contribution in [0.2, 0.25) is 0 Å². The van der Waals surface area contributed by atoms with Crippen molar-refractivity contribution in [3.8, 4) is 5.75 Å². The molecule has 0 N–H and O–H groups in total. The van der Waals surface area contributed by atoms with Gasteiger partial charge in [-0.15, -0.1) is 0 Å². The van der Waals surface area contributed by atoms with Crippen LogP contribution in [0.3, 0.4) is 0 Å². The highest BCUT2D eigenvalue weighted by atomic mass is 16.5. The van der Waals surface area contributed by atoms with Crippen molar-refractivity contribution >= 4 is 17.5 Å². The Hall–Kier alpha value is -3.71. The molecule has 3 aromatic rings. The normalized spacial score (nSPS) is 13.9. The van der Waals surface area contributed by atoms with Crippen molar-refractivity contribution in [3.05, 3.63) is 90.3 Å². The summed E-state index contributed by atoms with van der Waals surface area (Å²) in [6, 6.07) is 20.4. The van der Waals surface area contributed by atoms with Gasteiger partial charge in [0.2, 0.25) is 5.91 Å². The van der Waals surface area contributed by atoms with E-state index in [2.05, 4.69) is 22.0 Å². The molecule has 0 spiro atoms. The van der Waals surface area contributed by atoms with Gasteiger partial charge in [0.25, 0.3) is 5.91 Å². The van der Waals surface area contributed by atoms with Crippen molar-refractivity contribution in [3.63, 3.8) is 0 Å². The molecule has 2 amide bonds. The zero-order valence-electron chi connectivity index (χ0n) is 20.2. The molecule has 0 radical (unpaired) electrons. The number of aromatic nitrogens is 1. The number of para-hydroxylation sites is 1. The summed E-state index contributed by atoms with van der Waals surface area (Å²) in [5.74, 6) is 0.441. The fraction of sp³-hybridized carbons (Fsp3) is 0.321. The number of hydrogen-bond donors (Lipinski definition) is 0. The Bertz CT molecular complexity index is 1080. The number of carbonyl (C=O) groups is 2. The van der Waals surface area contributed by atoms with E-state index in [1.165, 1.54) is 5.56 Å². The zero-order chi connectivity index (χ0) is 24.5. The largest absolute Gasteiger partial charge is 0.497 e. The van der Waals surface area contributed by atoms with Gasteiger partial charge in [0.05, 0.1) is 7.11 Å². The second kappa shape index (κ2) is 12.1. The Kier molecular flexibility index (Phi) is 8.46. The standard InChI is InChI=1S/C28H32N4O3/c1-35-26-11-9-24(10-12-26)28(34)32(25-7-3-2-4-8-25)22-27(33)31-20-18-30(19-21-31)17-5-6-23-13-15-29-16-14-23/h2-4,7-16H,5-6,17-22H2,1H3. The molecule has 1 aliphatic rings. The SMILES string of the molecule is COc1ccc(C(=O)N(CC(=O)N2CCN(CCCc3ccncc3)CC2)c2ccccc2)cc1. The van der Waals surface area contributed by atoms with Gasteiger partial charge in [-0.1, -0.05) is 18.2 Å². The highest BCUT2D eigenvalue weighted by molar-refractivity contribution is 6.08. The van der Waals surface area contributed by atoms with E-state index in [9.17, 15) is 9.59 Å². The van der Waals surface area contributed by atoms with Crippen LogP contribution in [0.5, 0.6) is 5.75 Å². The number of methoxy groups -OCH3 is 1. The first kappa shape index (κ1) is 24.4. The minimum Gasteiger partial charge on any atom is -0.497 e. The van der Waals surface area contributed by atoms with Crippen molar-refractivity contribution in [1.29, 1.82) is 0 Å². The smallest absolute Gasteiger partial charge is 0.258 e. The summed E-state index contributed by atoms with van der Waals surface area (Å²) in [4.78, 5) is 36.5. The topological polar surface area (TPSA) is 66.0 Å². The second-order valence-electron chi connectivity index (χ2n) is 8.64. The maximum atomic E-state index is 13.4. The summed E-state index contributed by atoms with van der Waals surface area (Å²) in [5, 5.41) is 0. The van der Waals surface area contributed by atoms with Crippen molar-refractivity contribution in [2.24, 2.45) is 0 Å². The highest BCUT2D eigenvalue weighted by Crippen LogP contribution is 2.19. The van der Waals surface area contributed by atoms with E-state index in [0.29, 0.717) is 30.1 Å². The molecule has 7 heteroatoms. The third-order valence-electron chi connectivity index (χ3n) is 6.36. The lowest BCUT2D eigenvalue weighted by atomic mass is 10.1. The Labute approximate surface area is 206 Å². The van der Waals surface area contributed by atoms with Gasteiger partial charge in [0.15, 0.2) is 0 Å². The molecule has 1 fully saturated rings. The predicted molar refractivity (Wildman–Crippen MR) is 137 cm³/mol. The zero-order valence-corrected chi connectivity index (χ0v) is 20.2. The number of ether oxygens (including phenoxy) is 1. The lowest BCUT2D eigenvalue weighted by Crippen LogP contribution is -2.52. The number of benzene rings is 2. The highest BCUT2D eigenvalue weighted by Gasteiger charge is 2.26. The second-order valence-corrected chi connectivity index (χ2v) is 8.64. The van der Waals surface area contributed by atoms with Gasteiger partial charge in [-0.2, -0.15) is 0 Å². The molecule has 0 saturated carbocycles. The Morgan fingerprint density at radius 1 is 0.914 bits per heavy atom. The van der Waals surface area contributed by atoms with Gasteiger partial charge in [-0.25, -0.2) is 0 Å². The van der Waals surface area contributed by atoms with Crippen LogP contribution in [-0.4, -0.2) is 73.0 Å². The summed E-state index contributed by atoms with van der Waals surface area (Å²) in [6.07, 6.45) is 5.77. The van der Waals surface area contributed by atoms with Crippen LogP contribution >= 0.6 is 0 Å². The Morgan fingerprint density at radius 3 is 2.26 bits per heavy atom. The summed E-state index contributed by atoms with van der Waals surface area (Å²) in [5.41, 5.74) is 2.52. The summed E-state index contributed by atoms with van der Waals surface area (Å²) < 4.78 is 5.20. The molecule has 1 saturated heterocycles. The number of rotatable bonds is 9. The van der Waals surface area contributed by atoms with Crippen molar-refractivity contribution in [2.45, 2.75) is 12.8 Å². The van der Waals surface area contributed by atoms with Gasteiger partial charge in [0, 0.05) is 49.8 Å². The number of aryl methyl sites for hydroxylation is 1. The number of piperazine rings is 1. The molecule has 35 heavy (non-hydrogen) atoms. The fourth-order valence-electron chi connectivity index (χ4n) is 4.29. The Morgan fingerprint density at radius 2 is 1.60 bits per heavy atom. The minimum absolute atomic E-state index is 0.0108. The first-order valence-corrected chi connectivity index (χ1v) is 12.0. The maximum Gasteiger partial charge on any atom is 0.258 e. The number of anilines is 1. The lowest BCUT2D eigenvalue weighted by molar-refractivity contribution is -0.131. The van der Waals surface area contributed by atoms with E-state index < -0.39 is 0 Å². The Balaban J connectivity index is 1.33. The number of carbonyl (C=O) groups excluding carboxylic acids is 2. The van der Waals surface area contributed by atoms with Crippen molar-refractivity contribution in [2.75, 3.05) is 51.3 Å². The van der Waals surface area contributed by atoms with E-state index >= 15 is 0 Å². The van der Waals surface area contributed by atoms with Crippen LogP contribution in [0.1, 0.15) is 22.3 Å². The molecule has 0 aliphatic carbocycles. The van der Waals surface area contributed by atoms with Gasteiger partial charge in [0.1, 0.15) is 12.3 Å². The third kappa shape index (κ3) is 6.67. The number of nitrogens with zero attached hydrogens (tertiary/aromatic N) is 4. The van der Waals surface area contributed by atoms with Crippen LogP contribution in [0.4, 0.5) is 5.69 Å². The monoisotopic (exact) mass is 472 g/mol. The number of amides is 2. The first-order valence-electron chi connectivity index (χ1n) is 12.0. The summed E-state index contributed by atoms with van der Waals surface area (Å²) >= 11 is 0. The minimum atomic E-state index is -0.207. The molecular weight excluding hydrogens is 440 g/mol. The summed E-state index contributed by atoms with van der Waals surface area (Å²) in [6.45, 7) is 4.06. The van der Waals surface area contributed by atoms with Crippen molar-refractivity contribution in [1.82, 2.24) is 14.8 Å². The summed E-state index contributed by atoms with van der Waals surface area (Å²) in [7, 11) is 1.59. The molecule has 1 aromatic heterocycles. The van der Waals surface area contributed by atoms with Gasteiger partial charge in [-0.3, -0.25) is 24.4 Å². The molecule has 0 bridgehead atoms. The van der Waals surface area contributed by atoms with Gasteiger partial charge < -0.3 is 9.64 Å². The first-order chi connectivity index (χ1) is 17.1. The van der Waals surface area contributed by atoms with Gasteiger partial charge in [-0.05, 0) is 73.5 Å². The third-order valence-corrected chi connectivity index (χ3v) is 6.36. The molecule has 2 heterocycles. The molecule has 0 unspecified atom stereocenters. The average Bonchev–Trinajstić information content (AvgIpc) is 2.93. The maximum absolute atomic E-state index is 13.4. The van der Waals surface area contributed by atoms with E-state index in [0.717, 1.165) is 32.5 Å². The molecule has 7 nitrogen and oxygen atoms in total. The van der Waals surface area contributed by atoms with E-state index in [4.69, 9.17) is 4.74 Å². The molecule has 0 atom stereocenters. The van der Waals surface area contributed by atoms with Crippen LogP contribution < -0.4 is 9.64 Å². The average molecular weight is 473 g/mol. The van der Waals surface area contributed by atoms with E-state index in [-0.39, 0.29) is 18.4 Å². The quantitative estimate of drug-likeness (QED) is 0.477. The molecular formula is C28H32N4O3. The fourth-order valence-corrected chi connectivity index (χ4v) is 4.29. The van der Waals surface area contributed by atoms with Crippen molar-refractivity contribution < 1.29 is 14.3 Å². The van der Waals surface area contributed by atoms with Crippen LogP contribution in [0, 0.1) is 0 Å². The lowest BCUT2D eigenvalue weighted by Gasteiger charge is -2.36. The predicted octanol–water partition coefficient (Wildman–Crippen LogP) is 3.51. The number of pyridine rings is 1. The van der Waals surface area contributed by atoms with Crippen LogP contribution in [0.25, 0.3) is 0 Å². The van der Waals surface area contributed by atoms with Crippen LogP contribution in [0.15, 0.2) is 79.1 Å². The van der Waals surface area contributed by atoms with E-state index in [1.54, 1.807) is 36.3 Å². The molecule has 4 rings (SSSR count). The molecule has 2 aromatic carbocycles. The molecule has 1 aliphatic heterocycles.